The summed E-state index contributed by atoms with van der Waals surface area (Å²) in [5, 5.41) is 18.1. The van der Waals surface area contributed by atoms with Gasteiger partial charge in [0.1, 0.15) is 6.73 Å². The Morgan fingerprint density at radius 1 is 1.67 bits per heavy atom. The molecule has 0 saturated carbocycles. The molecular weight excluding hydrogens is 124 g/mol. The van der Waals surface area contributed by atoms with Crippen molar-refractivity contribution in [1.29, 1.82) is 0 Å². The van der Waals surface area contributed by atoms with E-state index in [2.05, 4.69) is 10.4 Å². The third-order valence-electron chi connectivity index (χ3n) is 0.999. The standard InChI is InChI=1S/C4H8N2O3/c7-2-4-1-5-9-6(4)3-8/h1,5,7-8H,2-3H2. The van der Waals surface area contributed by atoms with E-state index in [9.17, 15) is 0 Å². The van der Waals surface area contributed by atoms with Crippen molar-refractivity contribution in [3.63, 3.8) is 0 Å². The topological polar surface area (TPSA) is 65.0 Å². The van der Waals surface area contributed by atoms with E-state index in [4.69, 9.17) is 10.2 Å². The van der Waals surface area contributed by atoms with Crippen LogP contribution >= 0.6 is 0 Å². The zero-order chi connectivity index (χ0) is 6.69. The van der Waals surface area contributed by atoms with Gasteiger partial charge in [0.25, 0.3) is 0 Å². The molecule has 0 saturated heterocycles. The first-order valence-electron chi connectivity index (χ1n) is 2.49. The van der Waals surface area contributed by atoms with Crippen molar-refractivity contribution in [2.45, 2.75) is 0 Å². The van der Waals surface area contributed by atoms with Crippen LogP contribution in [0.1, 0.15) is 0 Å². The molecule has 0 atom stereocenters. The molecule has 9 heavy (non-hydrogen) atoms. The molecule has 0 unspecified atom stereocenters. The van der Waals surface area contributed by atoms with Crippen LogP contribution in [0.4, 0.5) is 0 Å². The Labute approximate surface area is 52.1 Å². The van der Waals surface area contributed by atoms with Gasteiger partial charge in [0, 0.05) is 0 Å². The van der Waals surface area contributed by atoms with Crippen LogP contribution in [0, 0.1) is 0 Å². The van der Waals surface area contributed by atoms with Gasteiger partial charge in [0.2, 0.25) is 0 Å². The number of hydrogen-bond acceptors (Lipinski definition) is 5. The minimum Gasteiger partial charge on any atom is -0.390 e. The first-order valence-corrected chi connectivity index (χ1v) is 2.49. The minimum atomic E-state index is -0.264. The highest BCUT2D eigenvalue weighted by molar-refractivity contribution is 4.98. The van der Waals surface area contributed by atoms with E-state index >= 15 is 0 Å². The van der Waals surface area contributed by atoms with E-state index in [1.165, 1.54) is 6.20 Å². The molecule has 0 amide bonds. The van der Waals surface area contributed by atoms with Crippen molar-refractivity contribution in [2.75, 3.05) is 13.3 Å². The second kappa shape index (κ2) is 2.67. The Kier molecular flexibility index (Phi) is 1.88. The van der Waals surface area contributed by atoms with Crippen molar-refractivity contribution >= 4 is 0 Å². The SMILES string of the molecule is OCC1=CNON1CO. The monoisotopic (exact) mass is 132 g/mol. The quantitative estimate of drug-likeness (QED) is 0.427. The molecule has 0 aromatic carbocycles. The lowest BCUT2D eigenvalue weighted by Crippen LogP contribution is -2.23. The van der Waals surface area contributed by atoms with Crippen LogP contribution < -0.4 is 5.48 Å². The van der Waals surface area contributed by atoms with Gasteiger partial charge in [-0.15, -0.1) is 0 Å². The van der Waals surface area contributed by atoms with Crippen LogP contribution in [0.15, 0.2) is 11.9 Å². The number of aliphatic hydroxyl groups excluding tert-OH is 2. The van der Waals surface area contributed by atoms with Crippen molar-refractivity contribution in [1.82, 2.24) is 10.5 Å². The number of hydrogen-bond donors (Lipinski definition) is 3. The maximum absolute atomic E-state index is 8.53. The van der Waals surface area contributed by atoms with Gasteiger partial charge in [-0.3, -0.25) is 0 Å². The van der Waals surface area contributed by atoms with Crippen LogP contribution in [-0.2, 0) is 4.94 Å². The number of hydroxylamine groups is 3. The smallest absolute Gasteiger partial charge is 0.142 e. The molecule has 0 aromatic heterocycles. The van der Waals surface area contributed by atoms with Crippen LogP contribution in [-0.4, -0.2) is 28.6 Å². The summed E-state index contributed by atoms with van der Waals surface area (Å²) in [6.45, 7) is -0.410. The zero-order valence-electron chi connectivity index (χ0n) is 4.74. The molecule has 1 heterocycles. The van der Waals surface area contributed by atoms with Crippen molar-refractivity contribution < 1.29 is 15.2 Å². The Morgan fingerprint density at radius 2 is 2.44 bits per heavy atom. The number of nitrogens with zero attached hydrogens (tertiary/aromatic N) is 1. The molecule has 0 spiro atoms. The molecule has 0 fully saturated rings. The molecule has 3 N–H and O–H groups in total. The number of rotatable bonds is 2. The van der Waals surface area contributed by atoms with Gasteiger partial charge in [-0.1, -0.05) is 0 Å². The van der Waals surface area contributed by atoms with Crippen LogP contribution in [0.3, 0.4) is 0 Å². The lowest BCUT2D eigenvalue weighted by atomic mass is 10.5. The third kappa shape index (κ3) is 1.13. The fraction of sp³-hybridized carbons (Fsp3) is 0.500. The second-order valence-electron chi connectivity index (χ2n) is 1.52. The Bertz CT molecular complexity index is 125. The third-order valence-corrected chi connectivity index (χ3v) is 0.999. The largest absolute Gasteiger partial charge is 0.390 e. The van der Waals surface area contributed by atoms with Gasteiger partial charge in [-0.05, 0) is 0 Å². The van der Waals surface area contributed by atoms with Gasteiger partial charge < -0.3 is 10.2 Å². The summed E-state index contributed by atoms with van der Waals surface area (Å²) in [5.74, 6) is 0. The normalized spacial score (nSPS) is 17.6. The Balaban J connectivity index is 2.47. The average molecular weight is 132 g/mol. The van der Waals surface area contributed by atoms with Gasteiger partial charge in [0.05, 0.1) is 18.5 Å². The van der Waals surface area contributed by atoms with E-state index in [1.54, 1.807) is 0 Å². The molecular formula is C4H8N2O3. The molecule has 1 aliphatic heterocycles. The Hall–Kier alpha value is -0.780. The maximum atomic E-state index is 8.53. The molecule has 5 heteroatoms. The molecule has 52 valence electrons. The van der Waals surface area contributed by atoms with Gasteiger partial charge in [-0.2, -0.15) is 4.94 Å². The zero-order valence-corrected chi connectivity index (χ0v) is 4.74. The highest BCUT2D eigenvalue weighted by atomic mass is 16.8. The number of nitrogens with one attached hydrogen (secondary N) is 1. The van der Waals surface area contributed by atoms with E-state index in [0.717, 1.165) is 5.06 Å². The fourth-order valence-electron chi connectivity index (χ4n) is 0.533. The Morgan fingerprint density at radius 3 is 2.89 bits per heavy atom. The molecule has 0 bridgehead atoms. The van der Waals surface area contributed by atoms with Crippen LogP contribution in [0.25, 0.3) is 0 Å². The number of aliphatic hydroxyl groups is 2. The van der Waals surface area contributed by atoms with E-state index in [-0.39, 0.29) is 13.3 Å². The molecule has 0 radical (unpaired) electrons. The molecule has 0 aliphatic carbocycles. The summed E-state index contributed by atoms with van der Waals surface area (Å²) in [6.07, 6.45) is 1.47. The minimum absolute atomic E-state index is 0.145. The highest BCUT2D eigenvalue weighted by Crippen LogP contribution is 2.05. The summed E-state index contributed by atoms with van der Waals surface area (Å²) in [7, 11) is 0. The van der Waals surface area contributed by atoms with E-state index in [0.29, 0.717) is 5.70 Å². The molecule has 1 rings (SSSR count). The van der Waals surface area contributed by atoms with Crippen molar-refractivity contribution in [2.24, 2.45) is 0 Å². The van der Waals surface area contributed by atoms with Gasteiger partial charge >= 0.3 is 0 Å². The molecule has 0 aromatic rings. The molecule has 1 aliphatic rings. The summed E-state index contributed by atoms with van der Waals surface area (Å²) in [5.41, 5.74) is 2.88. The second-order valence-corrected chi connectivity index (χ2v) is 1.52. The first kappa shape index (κ1) is 6.34. The lowest BCUT2D eigenvalue weighted by molar-refractivity contribution is -0.188. The van der Waals surface area contributed by atoms with Gasteiger partial charge in [0.15, 0.2) is 0 Å². The predicted molar refractivity (Wildman–Crippen MR) is 28.3 cm³/mol. The van der Waals surface area contributed by atoms with Crippen LogP contribution in [0.2, 0.25) is 0 Å². The lowest BCUT2D eigenvalue weighted by Gasteiger charge is -2.12. The predicted octanol–water partition coefficient (Wildman–Crippen LogP) is -1.48. The first-order chi connectivity index (χ1) is 4.38. The fourth-order valence-corrected chi connectivity index (χ4v) is 0.533. The highest BCUT2D eigenvalue weighted by Gasteiger charge is 2.12. The van der Waals surface area contributed by atoms with Crippen molar-refractivity contribution in [3.8, 4) is 0 Å². The maximum Gasteiger partial charge on any atom is 0.142 e. The summed E-state index contributed by atoms with van der Waals surface area (Å²) in [6, 6.07) is 0. The molecule has 5 nitrogen and oxygen atoms in total. The van der Waals surface area contributed by atoms with Gasteiger partial charge in [-0.25, -0.2) is 10.5 Å². The van der Waals surface area contributed by atoms with Crippen LogP contribution in [0.5, 0.6) is 0 Å². The van der Waals surface area contributed by atoms with E-state index < -0.39 is 0 Å². The van der Waals surface area contributed by atoms with E-state index in [1.807, 2.05) is 0 Å². The summed E-state index contributed by atoms with van der Waals surface area (Å²) < 4.78 is 0. The summed E-state index contributed by atoms with van der Waals surface area (Å²) in [4.78, 5) is 4.59. The summed E-state index contributed by atoms with van der Waals surface area (Å²) >= 11 is 0. The average Bonchev–Trinajstić information content (AvgIpc) is 2.33. The van der Waals surface area contributed by atoms with Crippen molar-refractivity contribution in [3.05, 3.63) is 11.9 Å².